The Morgan fingerprint density at radius 2 is 2.19 bits per heavy atom. The van der Waals surface area contributed by atoms with Gasteiger partial charge in [0.05, 0.1) is 17.3 Å². The average Bonchev–Trinajstić information content (AvgIpc) is 2.53. The summed E-state index contributed by atoms with van der Waals surface area (Å²) in [5, 5.41) is 21.1. The fourth-order valence-electron chi connectivity index (χ4n) is 2.00. The fourth-order valence-corrected chi connectivity index (χ4v) is 2.00. The number of aromatic nitrogens is 1. The van der Waals surface area contributed by atoms with Crippen molar-refractivity contribution in [1.29, 1.82) is 5.26 Å². The highest BCUT2D eigenvalue weighted by atomic mass is 19.1. The summed E-state index contributed by atoms with van der Waals surface area (Å²) in [6.45, 7) is 0.414. The first-order valence-electron chi connectivity index (χ1n) is 6.67. The Morgan fingerprint density at radius 1 is 1.33 bits per heavy atom. The average molecular weight is 285 g/mol. The summed E-state index contributed by atoms with van der Waals surface area (Å²) in [6.07, 6.45) is 2.32. The van der Waals surface area contributed by atoms with Crippen LogP contribution in [0, 0.1) is 23.1 Å². The van der Waals surface area contributed by atoms with Crippen LogP contribution in [-0.4, -0.2) is 23.2 Å². The fraction of sp³-hybridized carbons (Fsp3) is 0.250. The van der Waals surface area contributed by atoms with Crippen molar-refractivity contribution in [2.24, 2.45) is 5.92 Å². The number of benzene rings is 1. The van der Waals surface area contributed by atoms with Gasteiger partial charge in [-0.15, -0.1) is 0 Å². The van der Waals surface area contributed by atoms with E-state index in [-0.39, 0.29) is 18.1 Å². The van der Waals surface area contributed by atoms with Crippen molar-refractivity contribution in [2.45, 2.75) is 6.42 Å². The Labute approximate surface area is 122 Å². The number of anilines is 1. The first-order chi connectivity index (χ1) is 10.2. The molecule has 0 radical (unpaired) electrons. The van der Waals surface area contributed by atoms with Gasteiger partial charge in [0.25, 0.3) is 0 Å². The predicted octanol–water partition coefficient (Wildman–Crippen LogP) is 2.36. The molecule has 108 valence electrons. The van der Waals surface area contributed by atoms with E-state index >= 15 is 0 Å². The molecule has 5 heteroatoms. The molecule has 21 heavy (non-hydrogen) atoms. The van der Waals surface area contributed by atoms with Crippen LogP contribution in [0.25, 0.3) is 0 Å². The maximum Gasteiger partial charge on any atom is 0.147 e. The predicted molar refractivity (Wildman–Crippen MR) is 78.1 cm³/mol. The molecule has 1 atom stereocenters. The second-order valence-electron chi connectivity index (χ2n) is 4.76. The van der Waals surface area contributed by atoms with Crippen LogP contribution in [0.3, 0.4) is 0 Å². The number of pyridine rings is 1. The molecule has 0 unspecified atom stereocenters. The van der Waals surface area contributed by atoms with Gasteiger partial charge in [0.15, 0.2) is 0 Å². The van der Waals surface area contributed by atoms with E-state index in [1.165, 1.54) is 12.1 Å². The van der Waals surface area contributed by atoms with Crippen molar-refractivity contribution in [2.75, 3.05) is 18.5 Å². The first kappa shape index (κ1) is 14.9. The molecular formula is C16H16FN3O. The van der Waals surface area contributed by atoms with Gasteiger partial charge in [-0.05, 0) is 36.8 Å². The first-order valence-corrected chi connectivity index (χ1v) is 6.67. The highest BCUT2D eigenvalue weighted by Gasteiger charge is 2.11. The minimum Gasteiger partial charge on any atom is -0.396 e. The lowest BCUT2D eigenvalue weighted by Gasteiger charge is -2.16. The summed E-state index contributed by atoms with van der Waals surface area (Å²) in [5.74, 6) is -0.529. The molecule has 4 nitrogen and oxygen atoms in total. The number of rotatable bonds is 6. The highest BCUT2D eigenvalue weighted by Crippen LogP contribution is 2.16. The van der Waals surface area contributed by atoms with E-state index in [1.54, 1.807) is 12.3 Å². The molecule has 1 aromatic heterocycles. The zero-order valence-corrected chi connectivity index (χ0v) is 11.5. The molecule has 0 amide bonds. The third-order valence-corrected chi connectivity index (χ3v) is 3.16. The van der Waals surface area contributed by atoms with Gasteiger partial charge >= 0.3 is 0 Å². The van der Waals surface area contributed by atoms with E-state index < -0.39 is 5.82 Å². The van der Waals surface area contributed by atoms with Gasteiger partial charge in [0, 0.05) is 31.0 Å². The standard InChI is InChI=1S/C16H16FN3O/c17-15-8-12(9-18)4-5-16(15)20-10-13(11-21)7-14-3-1-2-6-19-14/h1-6,8,13,20-21H,7,10-11H2/t13-/m1/s1. The second kappa shape index (κ2) is 7.36. The van der Waals surface area contributed by atoms with E-state index in [9.17, 15) is 9.50 Å². The summed E-state index contributed by atoms with van der Waals surface area (Å²) >= 11 is 0. The lowest BCUT2D eigenvalue weighted by atomic mass is 10.0. The van der Waals surface area contributed by atoms with Crippen molar-refractivity contribution in [3.63, 3.8) is 0 Å². The second-order valence-corrected chi connectivity index (χ2v) is 4.76. The van der Waals surface area contributed by atoms with Crippen LogP contribution in [0.5, 0.6) is 0 Å². The Hall–Kier alpha value is -2.45. The molecule has 2 aromatic rings. The third kappa shape index (κ3) is 4.26. The molecule has 0 bridgehead atoms. The number of nitrogens with zero attached hydrogens (tertiary/aromatic N) is 2. The molecule has 0 saturated carbocycles. The number of halogens is 1. The van der Waals surface area contributed by atoms with Crippen LogP contribution in [-0.2, 0) is 6.42 Å². The van der Waals surface area contributed by atoms with E-state index in [4.69, 9.17) is 5.26 Å². The molecular weight excluding hydrogens is 269 g/mol. The van der Waals surface area contributed by atoms with Crippen molar-refractivity contribution in [1.82, 2.24) is 4.98 Å². The zero-order chi connectivity index (χ0) is 15.1. The van der Waals surface area contributed by atoms with E-state index in [1.807, 2.05) is 24.3 Å². The van der Waals surface area contributed by atoms with E-state index in [2.05, 4.69) is 10.3 Å². The molecule has 2 N–H and O–H groups in total. The molecule has 1 aromatic carbocycles. The summed E-state index contributed by atoms with van der Waals surface area (Å²) in [4.78, 5) is 4.21. The van der Waals surface area contributed by atoms with Gasteiger partial charge in [-0.3, -0.25) is 4.98 Å². The monoisotopic (exact) mass is 285 g/mol. The Balaban J connectivity index is 1.96. The van der Waals surface area contributed by atoms with Gasteiger partial charge in [-0.1, -0.05) is 6.07 Å². The zero-order valence-electron chi connectivity index (χ0n) is 11.5. The lowest BCUT2D eigenvalue weighted by molar-refractivity contribution is 0.232. The van der Waals surface area contributed by atoms with E-state index in [0.717, 1.165) is 5.69 Å². The van der Waals surface area contributed by atoms with Crippen LogP contribution in [0.1, 0.15) is 11.3 Å². The van der Waals surface area contributed by atoms with Gasteiger partial charge in [0.2, 0.25) is 0 Å². The van der Waals surface area contributed by atoms with Gasteiger partial charge in [0.1, 0.15) is 5.82 Å². The Bertz CT molecular complexity index is 625. The van der Waals surface area contributed by atoms with Crippen LogP contribution in [0.4, 0.5) is 10.1 Å². The topological polar surface area (TPSA) is 68.9 Å². The molecule has 0 saturated heterocycles. The van der Waals surface area contributed by atoms with Gasteiger partial charge in [-0.2, -0.15) is 5.26 Å². The number of hydrogen-bond acceptors (Lipinski definition) is 4. The summed E-state index contributed by atoms with van der Waals surface area (Å²) in [6, 6.07) is 11.8. The molecule has 0 aliphatic rings. The highest BCUT2D eigenvalue weighted by molar-refractivity contribution is 5.48. The largest absolute Gasteiger partial charge is 0.396 e. The molecule has 2 rings (SSSR count). The normalized spacial score (nSPS) is 11.7. The summed E-state index contributed by atoms with van der Waals surface area (Å²) in [5.41, 5.74) is 1.50. The van der Waals surface area contributed by atoms with Crippen LogP contribution >= 0.6 is 0 Å². The molecule has 1 heterocycles. The quantitative estimate of drug-likeness (QED) is 0.855. The van der Waals surface area contributed by atoms with Crippen molar-refractivity contribution >= 4 is 5.69 Å². The molecule has 0 aliphatic heterocycles. The van der Waals surface area contributed by atoms with Crippen molar-refractivity contribution in [3.05, 3.63) is 59.7 Å². The number of nitriles is 1. The van der Waals surface area contributed by atoms with Crippen LogP contribution in [0.2, 0.25) is 0 Å². The number of nitrogens with one attached hydrogen (secondary N) is 1. The van der Waals surface area contributed by atoms with Crippen molar-refractivity contribution < 1.29 is 9.50 Å². The van der Waals surface area contributed by atoms with Gasteiger partial charge in [-0.25, -0.2) is 4.39 Å². The molecule has 0 spiro atoms. The third-order valence-electron chi connectivity index (χ3n) is 3.16. The minimum atomic E-state index is -0.469. The minimum absolute atomic E-state index is 0.0124. The Kier molecular flexibility index (Phi) is 5.24. The number of aliphatic hydroxyl groups excluding tert-OH is 1. The number of aliphatic hydroxyl groups is 1. The maximum absolute atomic E-state index is 13.7. The van der Waals surface area contributed by atoms with Crippen LogP contribution in [0.15, 0.2) is 42.6 Å². The van der Waals surface area contributed by atoms with Gasteiger partial charge < -0.3 is 10.4 Å². The smallest absolute Gasteiger partial charge is 0.147 e. The molecule has 0 fully saturated rings. The van der Waals surface area contributed by atoms with Crippen LogP contribution < -0.4 is 5.32 Å². The van der Waals surface area contributed by atoms with E-state index in [0.29, 0.717) is 18.7 Å². The molecule has 0 aliphatic carbocycles. The Morgan fingerprint density at radius 3 is 2.81 bits per heavy atom. The summed E-state index contributed by atoms with van der Waals surface area (Å²) < 4.78 is 13.7. The maximum atomic E-state index is 13.7. The SMILES string of the molecule is N#Cc1ccc(NC[C@H](CO)Cc2ccccn2)c(F)c1. The number of hydrogen-bond donors (Lipinski definition) is 2. The van der Waals surface area contributed by atoms with Crippen molar-refractivity contribution in [3.8, 4) is 6.07 Å². The summed E-state index contributed by atoms with van der Waals surface area (Å²) in [7, 11) is 0. The lowest BCUT2D eigenvalue weighted by Crippen LogP contribution is -2.21.